The first-order chi connectivity index (χ1) is 9.15. The van der Waals surface area contributed by atoms with Crippen LogP contribution in [0.15, 0.2) is 24.3 Å². The van der Waals surface area contributed by atoms with Crippen molar-refractivity contribution in [2.24, 2.45) is 5.41 Å². The van der Waals surface area contributed by atoms with E-state index >= 15 is 0 Å². The first-order valence-electron chi connectivity index (χ1n) is 5.78. The Morgan fingerprint density at radius 3 is 2.45 bits per heavy atom. The van der Waals surface area contributed by atoms with Crippen LogP contribution in [0.2, 0.25) is 0 Å². The molecule has 0 aliphatic carbocycles. The Bertz CT molecular complexity index is 532. The minimum Gasteiger partial charge on any atom is -0.336 e. The lowest BCUT2D eigenvalue weighted by molar-refractivity contribution is -0.136. The number of halogens is 3. The number of para-hydroxylation sites is 1. The van der Waals surface area contributed by atoms with Gasteiger partial charge in [-0.2, -0.15) is 18.4 Å². The maximum atomic E-state index is 12.7. The fourth-order valence-electron chi connectivity index (χ4n) is 1.35. The maximum Gasteiger partial charge on any atom is 0.418 e. The Hall–Kier alpha value is -2.23. The van der Waals surface area contributed by atoms with Crippen LogP contribution in [0, 0.1) is 16.7 Å². The van der Waals surface area contributed by atoms with E-state index in [4.69, 9.17) is 5.26 Å². The van der Waals surface area contributed by atoms with Gasteiger partial charge in [-0.15, -0.1) is 0 Å². The smallest absolute Gasteiger partial charge is 0.336 e. The molecular weight excluding hydrogens is 271 g/mol. The molecule has 0 saturated heterocycles. The molecule has 1 aromatic carbocycles. The molecule has 20 heavy (non-hydrogen) atoms. The van der Waals surface area contributed by atoms with Gasteiger partial charge in [0.05, 0.1) is 22.7 Å². The zero-order valence-corrected chi connectivity index (χ0v) is 11.0. The van der Waals surface area contributed by atoms with E-state index in [9.17, 15) is 18.0 Å². The van der Waals surface area contributed by atoms with E-state index in [1.165, 1.54) is 12.1 Å². The highest BCUT2D eigenvalue weighted by molar-refractivity contribution is 5.90. The Balaban J connectivity index is 2.75. The molecule has 0 spiro atoms. The largest absolute Gasteiger partial charge is 0.418 e. The lowest BCUT2D eigenvalue weighted by Crippen LogP contribution is -2.36. The van der Waals surface area contributed by atoms with Gasteiger partial charge in [0.1, 0.15) is 0 Å². The fourth-order valence-corrected chi connectivity index (χ4v) is 1.35. The lowest BCUT2D eigenvalue weighted by Gasteiger charge is -2.17. The number of carbonyl (C=O) groups excluding carboxylic acids is 1. The van der Waals surface area contributed by atoms with E-state index in [2.05, 4.69) is 10.6 Å². The maximum absolute atomic E-state index is 12.7. The summed E-state index contributed by atoms with van der Waals surface area (Å²) >= 11 is 0. The Labute approximate surface area is 114 Å². The normalized spacial score (nSPS) is 11.6. The second-order valence-corrected chi connectivity index (χ2v) is 4.85. The van der Waals surface area contributed by atoms with Crippen molar-refractivity contribution >= 4 is 11.7 Å². The zero-order valence-electron chi connectivity index (χ0n) is 11.0. The predicted octanol–water partition coefficient (Wildman–Crippen LogP) is 3.38. The summed E-state index contributed by atoms with van der Waals surface area (Å²) < 4.78 is 38.1. The lowest BCUT2D eigenvalue weighted by atomic mass is 9.96. The van der Waals surface area contributed by atoms with Crippen LogP contribution in [-0.4, -0.2) is 12.6 Å². The van der Waals surface area contributed by atoms with Gasteiger partial charge in [-0.3, -0.25) is 0 Å². The summed E-state index contributed by atoms with van der Waals surface area (Å²) in [6, 6.07) is 5.87. The standard InChI is InChI=1S/C13H14F3N3O/c1-12(2,7-17)8-18-11(20)19-10-6-4-3-5-9(10)13(14,15)16/h3-6H,8H2,1-2H3,(H2,18,19,20). The minimum absolute atomic E-state index is 0.0313. The number of amides is 2. The molecule has 108 valence electrons. The number of nitrogens with zero attached hydrogens (tertiary/aromatic N) is 1. The molecule has 0 fully saturated rings. The molecule has 0 bridgehead atoms. The summed E-state index contributed by atoms with van der Waals surface area (Å²) in [5.41, 5.74) is -2.04. The van der Waals surface area contributed by atoms with Gasteiger partial charge >= 0.3 is 12.2 Å². The summed E-state index contributed by atoms with van der Waals surface area (Å²) in [5.74, 6) is 0. The van der Waals surface area contributed by atoms with Crippen LogP contribution in [0.3, 0.4) is 0 Å². The second kappa shape index (κ2) is 5.82. The van der Waals surface area contributed by atoms with E-state index in [1.54, 1.807) is 13.8 Å². The van der Waals surface area contributed by atoms with Gasteiger partial charge in [0, 0.05) is 6.54 Å². The third-order valence-electron chi connectivity index (χ3n) is 2.47. The zero-order chi connectivity index (χ0) is 15.4. The van der Waals surface area contributed by atoms with Crippen molar-refractivity contribution in [1.82, 2.24) is 5.32 Å². The summed E-state index contributed by atoms with van der Waals surface area (Å²) in [6.45, 7) is 3.25. The second-order valence-electron chi connectivity index (χ2n) is 4.85. The number of benzene rings is 1. The molecule has 7 heteroatoms. The van der Waals surface area contributed by atoms with Crippen molar-refractivity contribution in [3.05, 3.63) is 29.8 Å². The van der Waals surface area contributed by atoms with Gasteiger partial charge in [-0.1, -0.05) is 12.1 Å². The average Bonchev–Trinajstić information content (AvgIpc) is 2.36. The van der Waals surface area contributed by atoms with Crippen molar-refractivity contribution in [3.63, 3.8) is 0 Å². The fraction of sp³-hybridized carbons (Fsp3) is 0.385. The van der Waals surface area contributed by atoms with Gasteiger partial charge < -0.3 is 10.6 Å². The van der Waals surface area contributed by atoms with Crippen LogP contribution in [0.25, 0.3) is 0 Å². The quantitative estimate of drug-likeness (QED) is 0.894. The number of nitriles is 1. The van der Waals surface area contributed by atoms with Crippen LogP contribution in [0.5, 0.6) is 0 Å². The average molecular weight is 285 g/mol. The van der Waals surface area contributed by atoms with E-state index < -0.39 is 23.2 Å². The number of nitrogens with one attached hydrogen (secondary N) is 2. The predicted molar refractivity (Wildman–Crippen MR) is 67.9 cm³/mol. The molecule has 0 unspecified atom stereocenters. The van der Waals surface area contributed by atoms with Gasteiger partial charge in [0.15, 0.2) is 0 Å². The highest BCUT2D eigenvalue weighted by Gasteiger charge is 2.33. The molecule has 0 atom stereocenters. The molecule has 1 rings (SSSR count). The van der Waals surface area contributed by atoms with Gasteiger partial charge in [0.25, 0.3) is 0 Å². The Morgan fingerprint density at radius 1 is 1.30 bits per heavy atom. The molecule has 0 saturated carbocycles. The third-order valence-corrected chi connectivity index (χ3v) is 2.47. The van der Waals surface area contributed by atoms with Crippen LogP contribution < -0.4 is 10.6 Å². The Kier molecular flexibility index (Phi) is 4.61. The van der Waals surface area contributed by atoms with Crippen LogP contribution in [-0.2, 0) is 6.18 Å². The van der Waals surface area contributed by atoms with E-state index in [-0.39, 0.29) is 12.2 Å². The van der Waals surface area contributed by atoms with E-state index in [0.29, 0.717) is 0 Å². The molecule has 1 aromatic rings. The number of rotatable bonds is 3. The highest BCUT2D eigenvalue weighted by Crippen LogP contribution is 2.34. The van der Waals surface area contributed by atoms with Crippen LogP contribution in [0.1, 0.15) is 19.4 Å². The summed E-state index contributed by atoms with van der Waals surface area (Å²) in [6.07, 6.45) is -4.55. The monoisotopic (exact) mass is 285 g/mol. The van der Waals surface area contributed by atoms with Crippen molar-refractivity contribution in [2.45, 2.75) is 20.0 Å². The molecule has 0 aromatic heterocycles. The molecule has 0 aliphatic heterocycles. The third kappa shape index (κ3) is 4.46. The first kappa shape index (κ1) is 15.8. The van der Waals surface area contributed by atoms with E-state index in [0.717, 1.165) is 12.1 Å². The van der Waals surface area contributed by atoms with Gasteiger partial charge in [0.2, 0.25) is 0 Å². The van der Waals surface area contributed by atoms with Gasteiger partial charge in [-0.05, 0) is 26.0 Å². The van der Waals surface area contributed by atoms with Crippen LogP contribution in [0.4, 0.5) is 23.7 Å². The van der Waals surface area contributed by atoms with Crippen molar-refractivity contribution in [1.29, 1.82) is 5.26 Å². The van der Waals surface area contributed by atoms with Gasteiger partial charge in [-0.25, -0.2) is 4.79 Å². The minimum atomic E-state index is -4.55. The van der Waals surface area contributed by atoms with Crippen LogP contribution >= 0.6 is 0 Å². The Morgan fingerprint density at radius 2 is 1.90 bits per heavy atom. The van der Waals surface area contributed by atoms with E-state index in [1.807, 2.05) is 6.07 Å². The number of hydrogen-bond acceptors (Lipinski definition) is 2. The topological polar surface area (TPSA) is 64.9 Å². The molecule has 2 N–H and O–H groups in total. The molecule has 0 radical (unpaired) electrons. The van der Waals surface area contributed by atoms with Crippen molar-refractivity contribution < 1.29 is 18.0 Å². The SMILES string of the molecule is CC(C)(C#N)CNC(=O)Nc1ccccc1C(F)(F)F. The molecule has 4 nitrogen and oxygen atoms in total. The number of urea groups is 1. The number of carbonyl (C=O) groups is 1. The summed E-state index contributed by atoms with van der Waals surface area (Å²) in [7, 11) is 0. The molecule has 0 aliphatic rings. The molecular formula is C13H14F3N3O. The summed E-state index contributed by atoms with van der Waals surface area (Å²) in [4.78, 5) is 11.6. The number of hydrogen-bond donors (Lipinski definition) is 2. The number of alkyl halides is 3. The first-order valence-corrected chi connectivity index (χ1v) is 5.78. The summed E-state index contributed by atoms with van der Waals surface area (Å²) in [5, 5.41) is 13.3. The highest BCUT2D eigenvalue weighted by atomic mass is 19.4. The van der Waals surface area contributed by atoms with Crippen molar-refractivity contribution in [2.75, 3.05) is 11.9 Å². The van der Waals surface area contributed by atoms with Crippen molar-refractivity contribution in [3.8, 4) is 6.07 Å². The molecule has 0 heterocycles. The number of anilines is 1. The molecule has 2 amide bonds.